The van der Waals surface area contributed by atoms with Crippen molar-refractivity contribution in [1.29, 1.82) is 0 Å². The van der Waals surface area contributed by atoms with Gasteiger partial charge in [-0.25, -0.2) is 0 Å². The standard InChI is InChI=1S/C17H21N3O3.ClH/c1-11(2)14(17(23)19-9-7-18-8-10-19)20-15(21)12-5-3-4-6-13(12)16(20)22;/h3-6,11,14,18H,7-10H2,1-2H3;1H. The predicted molar refractivity (Wildman–Crippen MR) is 92.3 cm³/mol. The number of carbonyl (C=O) groups excluding carboxylic acids is 3. The molecule has 0 aliphatic carbocycles. The highest BCUT2D eigenvalue weighted by Crippen LogP contribution is 2.28. The van der Waals surface area contributed by atoms with Crippen molar-refractivity contribution in [2.75, 3.05) is 26.2 Å². The summed E-state index contributed by atoms with van der Waals surface area (Å²) in [5, 5.41) is 3.20. The average molecular weight is 352 g/mol. The monoisotopic (exact) mass is 351 g/mol. The molecule has 6 nitrogen and oxygen atoms in total. The summed E-state index contributed by atoms with van der Waals surface area (Å²) in [6.07, 6.45) is 0. The van der Waals surface area contributed by atoms with Gasteiger partial charge in [0.05, 0.1) is 11.1 Å². The molecule has 3 rings (SSSR count). The van der Waals surface area contributed by atoms with E-state index in [1.54, 1.807) is 29.2 Å². The second kappa shape index (κ2) is 7.32. The molecule has 24 heavy (non-hydrogen) atoms. The number of benzene rings is 1. The maximum absolute atomic E-state index is 12.9. The van der Waals surface area contributed by atoms with Gasteiger partial charge >= 0.3 is 0 Å². The lowest BCUT2D eigenvalue weighted by Gasteiger charge is -2.35. The summed E-state index contributed by atoms with van der Waals surface area (Å²) in [5.41, 5.74) is 0.771. The lowest BCUT2D eigenvalue weighted by atomic mass is 10.0. The zero-order valence-corrected chi connectivity index (χ0v) is 14.6. The van der Waals surface area contributed by atoms with E-state index in [9.17, 15) is 14.4 Å². The summed E-state index contributed by atoms with van der Waals surface area (Å²) in [7, 11) is 0. The molecule has 0 aromatic heterocycles. The minimum atomic E-state index is -0.750. The Hall–Kier alpha value is -1.92. The second-order valence-electron chi connectivity index (χ2n) is 6.29. The van der Waals surface area contributed by atoms with Crippen LogP contribution in [0, 0.1) is 5.92 Å². The minimum absolute atomic E-state index is 0. The Morgan fingerprint density at radius 2 is 1.54 bits per heavy atom. The fraction of sp³-hybridized carbons (Fsp3) is 0.471. The molecule has 7 heteroatoms. The van der Waals surface area contributed by atoms with Crippen molar-refractivity contribution in [2.45, 2.75) is 19.9 Å². The van der Waals surface area contributed by atoms with E-state index in [2.05, 4.69) is 5.32 Å². The van der Waals surface area contributed by atoms with E-state index >= 15 is 0 Å². The lowest BCUT2D eigenvalue weighted by molar-refractivity contribution is -0.137. The zero-order chi connectivity index (χ0) is 16.6. The third-order valence-corrected chi connectivity index (χ3v) is 4.42. The largest absolute Gasteiger partial charge is 0.338 e. The molecule has 1 fully saturated rings. The summed E-state index contributed by atoms with van der Waals surface area (Å²) in [6.45, 7) is 6.41. The molecule has 0 radical (unpaired) electrons. The molecule has 2 aliphatic heterocycles. The number of hydrogen-bond acceptors (Lipinski definition) is 4. The van der Waals surface area contributed by atoms with Gasteiger partial charge < -0.3 is 10.2 Å². The molecule has 0 saturated carbocycles. The maximum atomic E-state index is 12.9. The first-order chi connectivity index (χ1) is 11.0. The van der Waals surface area contributed by atoms with Gasteiger partial charge in [0, 0.05) is 26.2 Å². The fourth-order valence-corrected chi connectivity index (χ4v) is 3.23. The van der Waals surface area contributed by atoms with E-state index < -0.39 is 6.04 Å². The van der Waals surface area contributed by atoms with Crippen molar-refractivity contribution < 1.29 is 14.4 Å². The summed E-state index contributed by atoms with van der Waals surface area (Å²) in [6, 6.07) is 6.00. The smallest absolute Gasteiger partial charge is 0.262 e. The normalized spacial score (nSPS) is 18.5. The summed E-state index contributed by atoms with van der Waals surface area (Å²) >= 11 is 0. The third-order valence-electron chi connectivity index (χ3n) is 4.42. The van der Waals surface area contributed by atoms with Crippen LogP contribution in [0.4, 0.5) is 0 Å². The van der Waals surface area contributed by atoms with Crippen LogP contribution in [0.15, 0.2) is 24.3 Å². The molecule has 2 aliphatic rings. The van der Waals surface area contributed by atoms with E-state index in [-0.39, 0.29) is 36.0 Å². The molecule has 2 heterocycles. The molecule has 3 amide bonds. The van der Waals surface area contributed by atoms with E-state index in [0.717, 1.165) is 18.0 Å². The van der Waals surface area contributed by atoms with Crippen LogP contribution in [0.3, 0.4) is 0 Å². The molecular weight excluding hydrogens is 330 g/mol. The fourth-order valence-electron chi connectivity index (χ4n) is 3.23. The van der Waals surface area contributed by atoms with E-state index in [1.165, 1.54) is 0 Å². The Morgan fingerprint density at radius 1 is 1.04 bits per heavy atom. The van der Waals surface area contributed by atoms with Gasteiger partial charge in [-0.2, -0.15) is 0 Å². The highest BCUT2D eigenvalue weighted by atomic mass is 35.5. The SMILES string of the molecule is CC(C)C(C(=O)N1CCNCC1)N1C(=O)c2ccccc2C1=O.Cl. The summed E-state index contributed by atoms with van der Waals surface area (Å²) in [4.78, 5) is 41.1. The molecule has 0 spiro atoms. The first-order valence-electron chi connectivity index (χ1n) is 7.99. The van der Waals surface area contributed by atoms with Gasteiger partial charge in [-0.05, 0) is 18.1 Å². The average Bonchev–Trinajstić information content (AvgIpc) is 2.81. The summed E-state index contributed by atoms with van der Waals surface area (Å²) < 4.78 is 0. The number of nitrogens with zero attached hydrogens (tertiary/aromatic N) is 2. The Kier molecular flexibility index (Phi) is 5.62. The van der Waals surface area contributed by atoms with Crippen molar-refractivity contribution >= 4 is 30.1 Å². The Balaban J connectivity index is 0.00000208. The van der Waals surface area contributed by atoms with Gasteiger partial charge in [0.2, 0.25) is 5.91 Å². The Labute approximate surface area is 147 Å². The number of amides is 3. The maximum Gasteiger partial charge on any atom is 0.262 e. The second-order valence-corrected chi connectivity index (χ2v) is 6.29. The van der Waals surface area contributed by atoms with Gasteiger partial charge in [0.15, 0.2) is 0 Å². The quantitative estimate of drug-likeness (QED) is 0.830. The number of carbonyl (C=O) groups is 3. The van der Waals surface area contributed by atoms with Gasteiger partial charge in [-0.1, -0.05) is 26.0 Å². The van der Waals surface area contributed by atoms with Crippen LogP contribution in [-0.2, 0) is 4.79 Å². The van der Waals surface area contributed by atoms with Gasteiger partial charge in [0.1, 0.15) is 6.04 Å². The zero-order valence-electron chi connectivity index (χ0n) is 13.8. The Morgan fingerprint density at radius 3 is 2.00 bits per heavy atom. The number of piperazine rings is 1. The molecule has 0 bridgehead atoms. The van der Waals surface area contributed by atoms with Crippen LogP contribution >= 0.6 is 12.4 Å². The van der Waals surface area contributed by atoms with Crippen molar-refractivity contribution in [3.8, 4) is 0 Å². The van der Waals surface area contributed by atoms with Crippen LogP contribution in [0.2, 0.25) is 0 Å². The highest BCUT2D eigenvalue weighted by molar-refractivity contribution is 6.22. The van der Waals surface area contributed by atoms with Gasteiger partial charge in [-0.15, -0.1) is 12.4 Å². The number of halogens is 1. The first-order valence-corrected chi connectivity index (χ1v) is 7.99. The van der Waals surface area contributed by atoms with Crippen molar-refractivity contribution in [2.24, 2.45) is 5.92 Å². The van der Waals surface area contributed by atoms with Crippen molar-refractivity contribution in [3.63, 3.8) is 0 Å². The minimum Gasteiger partial charge on any atom is -0.338 e. The van der Waals surface area contributed by atoms with Crippen LogP contribution in [0.25, 0.3) is 0 Å². The molecule has 1 aromatic rings. The molecule has 1 aromatic carbocycles. The molecule has 1 N–H and O–H groups in total. The van der Waals surface area contributed by atoms with Crippen LogP contribution in [-0.4, -0.2) is 59.7 Å². The predicted octanol–water partition coefficient (Wildman–Crippen LogP) is 1.16. The molecular formula is C17H22ClN3O3. The molecule has 1 atom stereocenters. The third kappa shape index (κ3) is 3.03. The summed E-state index contributed by atoms with van der Waals surface area (Å²) in [5.74, 6) is -1.02. The van der Waals surface area contributed by atoms with Gasteiger partial charge in [0.25, 0.3) is 11.8 Å². The highest BCUT2D eigenvalue weighted by Gasteiger charge is 2.45. The molecule has 130 valence electrons. The number of fused-ring (bicyclic) bond motifs is 1. The van der Waals surface area contributed by atoms with E-state index in [0.29, 0.717) is 24.2 Å². The number of imide groups is 1. The molecule has 1 saturated heterocycles. The number of nitrogens with one attached hydrogen (secondary N) is 1. The topological polar surface area (TPSA) is 69.7 Å². The van der Waals surface area contributed by atoms with Crippen LogP contribution in [0.5, 0.6) is 0 Å². The first kappa shape index (κ1) is 18.4. The van der Waals surface area contributed by atoms with Crippen molar-refractivity contribution in [1.82, 2.24) is 15.1 Å². The van der Waals surface area contributed by atoms with Crippen LogP contribution in [0.1, 0.15) is 34.6 Å². The molecule has 1 unspecified atom stereocenters. The van der Waals surface area contributed by atoms with E-state index in [1.807, 2.05) is 13.8 Å². The Bertz CT molecular complexity index is 621. The lowest BCUT2D eigenvalue weighted by Crippen LogP contribution is -2.57. The van der Waals surface area contributed by atoms with Crippen molar-refractivity contribution in [3.05, 3.63) is 35.4 Å². The van der Waals surface area contributed by atoms with E-state index in [4.69, 9.17) is 0 Å². The number of hydrogen-bond donors (Lipinski definition) is 1. The van der Waals surface area contributed by atoms with Crippen LogP contribution < -0.4 is 5.32 Å². The number of rotatable bonds is 3. The van der Waals surface area contributed by atoms with Gasteiger partial charge in [-0.3, -0.25) is 19.3 Å².